The molecule has 1 N–H and O–H groups in total. The summed E-state index contributed by atoms with van der Waals surface area (Å²) in [7, 11) is 0. The van der Waals surface area contributed by atoms with E-state index in [-0.39, 0.29) is 11.1 Å². The fraction of sp³-hybridized carbons (Fsp3) is 0.630. The second kappa shape index (κ2) is 7.72. The molecule has 5 heteroatoms. The van der Waals surface area contributed by atoms with Crippen molar-refractivity contribution in [2.45, 2.75) is 101 Å². The third-order valence-corrected chi connectivity index (χ3v) is 9.21. The molecule has 5 saturated carbocycles. The molecule has 2 bridgehead atoms. The van der Waals surface area contributed by atoms with Gasteiger partial charge in [-0.05, 0) is 117 Å². The second-order valence-corrected chi connectivity index (χ2v) is 11.1. The van der Waals surface area contributed by atoms with Crippen molar-refractivity contribution in [1.29, 1.82) is 0 Å². The van der Waals surface area contributed by atoms with E-state index in [0.717, 1.165) is 50.8 Å². The highest BCUT2D eigenvalue weighted by molar-refractivity contribution is 5.84. The van der Waals surface area contributed by atoms with Crippen LogP contribution in [0.3, 0.4) is 0 Å². The Morgan fingerprint density at radius 2 is 1.53 bits per heavy atom. The van der Waals surface area contributed by atoms with E-state index in [1.807, 2.05) is 0 Å². The summed E-state index contributed by atoms with van der Waals surface area (Å²) in [6, 6.07) is 13.3. The van der Waals surface area contributed by atoms with Gasteiger partial charge >= 0.3 is 0 Å². The minimum absolute atomic E-state index is 0.180. The minimum Gasteiger partial charge on any atom is -0.490 e. The zero-order valence-electron chi connectivity index (χ0n) is 18.9. The lowest BCUT2D eigenvalue weighted by Crippen LogP contribution is -2.57. The highest BCUT2D eigenvalue weighted by Gasteiger charge is 2.50. The molecular weight excluding hydrogens is 400 g/mol. The molecule has 5 aliphatic rings. The number of nitrogens with one attached hydrogen (secondary N) is 1. The maximum absolute atomic E-state index is 10.6. The molecule has 0 unspecified atom stereocenters. The standard InChI is InChI=1S/C27H34N2O3/c30-29-32-27-14-11-26(12-15-27,13-16-27)28-19-20-1-2-22-18-24(4-3-21(22)17-20)31-23-5-7-25(8-6-23)9-10-25/h1-4,17-18,23,28H,5-16,19H2. The topological polar surface area (TPSA) is 59.9 Å². The molecule has 0 amide bonds. The lowest BCUT2D eigenvalue weighted by atomic mass is 9.63. The smallest absolute Gasteiger partial charge is 0.155 e. The molecule has 0 saturated heterocycles. The summed E-state index contributed by atoms with van der Waals surface area (Å²) in [5.74, 6) is 1.01. The van der Waals surface area contributed by atoms with Gasteiger partial charge in [0.2, 0.25) is 0 Å². The van der Waals surface area contributed by atoms with Crippen LogP contribution in [0, 0.1) is 10.3 Å². The van der Waals surface area contributed by atoms with E-state index in [2.05, 4.69) is 47.1 Å². The molecule has 5 fully saturated rings. The Balaban J connectivity index is 1.07. The van der Waals surface area contributed by atoms with Crippen LogP contribution in [-0.4, -0.2) is 17.2 Å². The average Bonchev–Trinajstić information content (AvgIpc) is 3.60. The van der Waals surface area contributed by atoms with E-state index in [4.69, 9.17) is 9.57 Å². The van der Waals surface area contributed by atoms with E-state index in [1.54, 1.807) is 0 Å². The number of hydrogen-bond acceptors (Lipinski definition) is 5. The lowest BCUT2D eigenvalue weighted by Gasteiger charge is -2.51. The van der Waals surface area contributed by atoms with Crippen molar-refractivity contribution in [1.82, 2.24) is 5.32 Å². The molecule has 0 atom stereocenters. The first-order valence-corrected chi connectivity index (χ1v) is 12.5. The van der Waals surface area contributed by atoms with Gasteiger partial charge in [-0.15, -0.1) is 4.91 Å². The molecule has 5 aliphatic carbocycles. The van der Waals surface area contributed by atoms with Gasteiger partial charge in [-0.1, -0.05) is 18.2 Å². The van der Waals surface area contributed by atoms with Crippen molar-refractivity contribution in [3.63, 3.8) is 0 Å². The molecule has 0 aromatic heterocycles. The number of nitrogens with zero attached hydrogens (tertiary/aromatic N) is 1. The van der Waals surface area contributed by atoms with Crippen LogP contribution in [0.1, 0.15) is 82.6 Å². The van der Waals surface area contributed by atoms with Crippen molar-refractivity contribution >= 4 is 10.8 Å². The van der Waals surface area contributed by atoms with E-state index < -0.39 is 0 Å². The van der Waals surface area contributed by atoms with Gasteiger partial charge < -0.3 is 14.9 Å². The van der Waals surface area contributed by atoms with Gasteiger partial charge in [0.15, 0.2) is 5.34 Å². The summed E-state index contributed by atoms with van der Waals surface area (Å²) in [5, 5.41) is 9.11. The van der Waals surface area contributed by atoms with Gasteiger partial charge in [0, 0.05) is 12.1 Å². The van der Waals surface area contributed by atoms with Gasteiger partial charge in [0.25, 0.3) is 0 Å². The largest absolute Gasteiger partial charge is 0.490 e. The molecule has 0 radical (unpaired) electrons. The Kier molecular flexibility index (Phi) is 4.94. The van der Waals surface area contributed by atoms with Gasteiger partial charge in [-0.3, -0.25) is 0 Å². The minimum atomic E-state index is -0.287. The Morgan fingerprint density at radius 1 is 0.844 bits per heavy atom. The number of benzene rings is 2. The van der Waals surface area contributed by atoms with E-state index in [0.29, 0.717) is 11.5 Å². The van der Waals surface area contributed by atoms with Crippen LogP contribution in [0.15, 0.2) is 41.7 Å². The maximum Gasteiger partial charge on any atom is 0.155 e. The fourth-order valence-electron chi connectivity index (χ4n) is 6.57. The molecule has 7 rings (SSSR count). The maximum atomic E-state index is 10.6. The van der Waals surface area contributed by atoms with Crippen LogP contribution >= 0.6 is 0 Å². The van der Waals surface area contributed by atoms with Gasteiger partial charge in [0.1, 0.15) is 11.4 Å². The fourth-order valence-corrected chi connectivity index (χ4v) is 6.57. The van der Waals surface area contributed by atoms with Crippen molar-refractivity contribution in [3.8, 4) is 5.75 Å². The van der Waals surface area contributed by atoms with Gasteiger partial charge in [-0.2, -0.15) is 0 Å². The van der Waals surface area contributed by atoms with Crippen LogP contribution in [0.4, 0.5) is 0 Å². The van der Waals surface area contributed by atoms with E-state index >= 15 is 0 Å². The highest BCUT2D eigenvalue weighted by atomic mass is 16.7. The highest BCUT2D eigenvalue weighted by Crippen LogP contribution is 2.56. The predicted molar refractivity (Wildman–Crippen MR) is 125 cm³/mol. The summed E-state index contributed by atoms with van der Waals surface area (Å²) in [4.78, 5) is 15.8. The zero-order valence-corrected chi connectivity index (χ0v) is 18.9. The Labute approximate surface area is 190 Å². The Hall–Kier alpha value is -2.14. The lowest BCUT2D eigenvalue weighted by molar-refractivity contribution is -0.123. The van der Waals surface area contributed by atoms with E-state index in [1.165, 1.54) is 54.9 Å². The van der Waals surface area contributed by atoms with E-state index in [9.17, 15) is 4.91 Å². The summed E-state index contributed by atoms with van der Waals surface area (Å²) in [6.45, 7) is 0.873. The predicted octanol–water partition coefficient (Wildman–Crippen LogP) is 6.57. The third-order valence-electron chi connectivity index (χ3n) is 9.21. The first-order chi connectivity index (χ1) is 15.6. The molecule has 2 aromatic carbocycles. The first-order valence-electron chi connectivity index (χ1n) is 12.5. The SMILES string of the molecule is O=NOC12CCC(NCc3ccc4cc(OC5CCC6(CC5)CC6)ccc4c3)(CC1)CC2. The first kappa shape index (κ1) is 20.5. The molecular formula is C27H34N2O3. The summed E-state index contributed by atoms with van der Waals surface area (Å²) < 4.78 is 6.35. The quantitative estimate of drug-likeness (QED) is 0.395. The second-order valence-electron chi connectivity index (χ2n) is 11.1. The van der Waals surface area contributed by atoms with Crippen molar-refractivity contribution in [3.05, 3.63) is 46.9 Å². The van der Waals surface area contributed by atoms with Gasteiger partial charge in [-0.25, -0.2) is 0 Å². The summed E-state index contributed by atoms with van der Waals surface area (Å²) >= 11 is 0. The molecule has 0 aliphatic heterocycles. The normalized spacial score (nSPS) is 31.0. The Bertz CT molecular complexity index is 981. The third kappa shape index (κ3) is 3.89. The van der Waals surface area contributed by atoms with Crippen LogP contribution in [0.2, 0.25) is 0 Å². The van der Waals surface area contributed by atoms with Crippen LogP contribution < -0.4 is 10.1 Å². The molecule has 0 heterocycles. The van der Waals surface area contributed by atoms with Crippen LogP contribution in [0.5, 0.6) is 5.75 Å². The van der Waals surface area contributed by atoms with Crippen LogP contribution in [0.25, 0.3) is 10.8 Å². The van der Waals surface area contributed by atoms with Crippen molar-refractivity contribution in [2.75, 3.05) is 0 Å². The molecule has 5 nitrogen and oxygen atoms in total. The summed E-state index contributed by atoms with van der Waals surface area (Å²) in [5.41, 5.74) is 1.92. The number of ether oxygens (including phenoxy) is 1. The van der Waals surface area contributed by atoms with Crippen LogP contribution in [-0.2, 0) is 11.4 Å². The zero-order chi connectivity index (χ0) is 21.7. The average molecular weight is 435 g/mol. The van der Waals surface area contributed by atoms with Crippen molar-refractivity contribution < 1.29 is 9.57 Å². The number of rotatable bonds is 7. The molecule has 170 valence electrons. The number of fused-ring (bicyclic) bond motifs is 4. The Morgan fingerprint density at radius 3 is 2.22 bits per heavy atom. The number of hydrogen-bond donors (Lipinski definition) is 1. The molecule has 2 aromatic rings. The summed E-state index contributed by atoms with van der Waals surface area (Å²) in [6.07, 6.45) is 14.3. The monoisotopic (exact) mass is 434 g/mol. The molecule has 1 spiro atoms. The van der Waals surface area contributed by atoms with Crippen molar-refractivity contribution in [2.24, 2.45) is 10.8 Å². The van der Waals surface area contributed by atoms with Gasteiger partial charge in [0.05, 0.1) is 6.10 Å². The molecule has 32 heavy (non-hydrogen) atoms.